The Morgan fingerprint density at radius 2 is 1.69 bits per heavy atom. The molecule has 6 heteroatoms. The summed E-state index contributed by atoms with van der Waals surface area (Å²) in [5.41, 5.74) is 2.15. The van der Waals surface area contributed by atoms with Gasteiger partial charge in [0.1, 0.15) is 12.4 Å². The number of hydrogen-bond donors (Lipinski definition) is 0. The van der Waals surface area contributed by atoms with Crippen molar-refractivity contribution in [1.82, 2.24) is 9.80 Å². The number of rotatable bonds is 9. The lowest BCUT2D eigenvalue weighted by atomic mass is 10.1. The van der Waals surface area contributed by atoms with Crippen LogP contribution in [-0.2, 0) is 17.9 Å². The summed E-state index contributed by atoms with van der Waals surface area (Å²) in [7, 11) is 0. The Morgan fingerprint density at radius 3 is 2.31 bits per heavy atom. The number of hydrogen-bond acceptors (Lipinski definition) is 3. The van der Waals surface area contributed by atoms with Crippen molar-refractivity contribution in [2.75, 3.05) is 6.54 Å². The van der Waals surface area contributed by atoms with Gasteiger partial charge in [0.25, 0.3) is 5.91 Å². The van der Waals surface area contributed by atoms with Gasteiger partial charge in [0, 0.05) is 17.5 Å². The zero-order chi connectivity index (χ0) is 23.1. The summed E-state index contributed by atoms with van der Waals surface area (Å²) in [6.45, 7) is 6.69. The zero-order valence-electron chi connectivity index (χ0n) is 18.8. The maximum Gasteiger partial charge on any atom is 0.257 e. The number of carbonyl (C=O) groups excluding carboxylic acids is 2. The average Bonchev–Trinajstić information content (AvgIpc) is 3.21. The van der Waals surface area contributed by atoms with Crippen LogP contribution in [0.1, 0.15) is 46.6 Å². The van der Waals surface area contributed by atoms with E-state index in [0.717, 1.165) is 16.0 Å². The highest BCUT2D eigenvalue weighted by Gasteiger charge is 2.27. The van der Waals surface area contributed by atoms with E-state index in [1.54, 1.807) is 28.4 Å². The molecule has 3 rings (SSSR count). The van der Waals surface area contributed by atoms with Crippen molar-refractivity contribution in [3.05, 3.63) is 93.4 Å². The fourth-order valence-electron chi connectivity index (χ4n) is 3.46. The van der Waals surface area contributed by atoms with Gasteiger partial charge in [0.15, 0.2) is 0 Å². The summed E-state index contributed by atoms with van der Waals surface area (Å²) < 4.78 is 14.3. The topological polar surface area (TPSA) is 40.6 Å². The highest BCUT2D eigenvalue weighted by molar-refractivity contribution is 7.10. The number of thiophene rings is 1. The number of carbonyl (C=O) groups is 2. The highest BCUT2D eigenvalue weighted by atomic mass is 32.1. The molecule has 0 bridgehead atoms. The van der Waals surface area contributed by atoms with E-state index in [9.17, 15) is 14.0 Å². The van der Waals surface area contributed by atoms with E-state index in [1.807, 2.05) is 62.5 Å². The largest absolute Gasteiger partial charge is 0.332 e. The summed E-state index contributed by atoms with van der Waals surface area (Å²) >= 11 is 1.62. The summed E-state index contributed by atoms with van der Waals surface area (Å²) in [6.07, 6.45) is 0.663. The standard InChI is InChI=1S/C26H29FN2O2S/c1-4-20(3)29(26(31)22-12-8-9-13-23(22)27)18-25(30)28(16-21-10-6-5-7-11-21)17-24-19(2)14-15-32-24/h5-15,20H,4,16-18H2,1-3H3. The van der Waals surface area contributed by atoms with Crippen LogP contribution >= 0.6 is 11.3 Å². The molecule has 0 fully saturated rings. The highest BCUT2D eigenvalue weighted by Crippen LogP contribution is 2.21. The fourth-order valence-corrected chi connectivity index (χ4v) is 4.38. The molecule has 32 heavy (non-hydrogen) atoms. The molecule has 0 aliphatic carbocycles. The molecule has 168 valence electrons. The third kappa shape index (κ3) is 5.82. The van der Waals surface area contributed by atoms with E-state index < -0.39 is 11.7 Å². The van der Waals surface area contributed by atoms with Gasteiger partial charge in [0.05, 0.1) is 12.1 Å². The third-order valence-corrected chi connectivity index (χ3v) is 6.67. The van der Waals surface area contributed by atoms with Gasteiger partial charge in [-0.3, -0.25) is 9.59 Å². The molecule has 0 radical (unpaired) electrons. The maximum absolute atomic E-state index is 14.3. The number of benzene rings is 2. The van der Waals surface area contributed by atoms with Crippen LogP contribution in [0.5, 0.6) is 0 Å². The SMILES string of the molecule is CCC(C)N(CC(=O)N(Cc1ccccc1)Cc1sccc1C)C(=O)c1ccccc1F. The van der Waals surface area contributed by atoms with Gasteiger partial charge in [-0.15, -0.1) is 11.3 Å². The van der Waals surface area contributed by atoms with E-state index in [0.29, 0.717) is 19.5 Å². The van der Waals surface area contributed by atoms with E-state index in [1.165, 1.54) is 17.0 Å². The molecule has 0 aliphatic heterocycles. The number of aryl methyl sites for hydroxylation is 1. The van der Waals surface area contributed by atoms with E-state index in [4.69, 9.17) is 0 Å². The Balaban J connectivity index is 1.86. The molecular formula is C26H29FN2O2S. The lowest BCUT2D eigenvalue weighted by Crippen LogP contribution is -2.46. The third-order valence-electron chi connectivity index (χ3n) is 5.67. The van der Waals surface area contributed by atoms with Gasteiger partial charge < -0.3 is 9.80 Å². The maximum atomic E-state index is 14.3. The van der Waals surface area contributed by atoms with Crippen molar-refractivity contribution < 1.29 is 14.0 Å². The molecule has 1 unspecified atom stereocenters. The molecule has 0 saturated carbocycles. The van der Waals surface area contributed by atoms with E-state index in [2.05, 4.69) is 0 Å². The zero-order valence-corrected chi connectivity index (χ0v) is 19.6. The summed E-state index contributed by atoms with van der Waals surface area (Å²) in [6, 6.07) is 17.6. The Bertz CT molecular complexity index is 1050. The Kier molecular flexibility index (Phi) is 8.17. The molecule has 1 aromatic heterocycles. The van der Waals surface area contributed by atoms with Gasteiger partial charge in [-0.25, -0.2) is 4.39 Å². The fraction of sp³-hybridized carbons (Fsp3) is 0.308. The van der Waals surface area contributed by atoms with Crippen LogP contribution in [0.3, 0.4) is 0 Å². The quantitative estimate of drug-likeness (QED) is 0.420. The lowest BCUT2D eigenvalue weighted by Gasteiger charge is -2.31. The smallest absolute Gasteiger partial charge is 0.257 e. The Labute approximate surface area is 193 Å². The van der Waals surface area contributed by atoms with Gasteiger partial charge in [0.2, 0.25) is 5.91 Å². The molecule has 3 aromatic rings. The van der Waals surface area contributed by atoms with Crippen molar-refractivity contribution in [3.8, 4) is 0 Å². The van der Waals surface area contributed by atoms with Crippen LogP contribution in [0.4, 0.5) is 4.39 Å². The molecule has 2 aromatic carbocycles. The minimum absolute atomic E-state index is 0.00990. The predicted octanol–water partition coefficient (Wildman–Crippen LogP) is 5.67. The molecule has 0 saturated heterocycles. The van der Waals surface area contributed by atoms with E-state index >= 15 is 0 Å². The van der Waals surface area contributed by atoms with Crippen molar-refractivity contribution in [1.29, 1.82) is 0 Å². The number of amides is 2. The van der Waals surface area contributed by atoms with Crippen molar-refractivity contribution in [2.24, 2.45) is 0 Å². The van der Waals surface area contributed by atoms with E-state index in [-0.39, 0.29) is 24.1 Å². The summed E-state index contributed by atoms with van der Waals surface area (Å²) in [4.78, 5) is 31.0. The van der Waals surface area contributed by atoms with Gasteiger partial charge in [-0.05, 0) is 55.0 Å². The number of nitrogens with zero attached hydrogens (tertiary/aromatic N) is 2. The average molecular weight is 453 g/mol. The molecule has 0 aliphatic rings. The molecule has 1 heterocycles. The predicted molar refractivity (Wildman–Crippen MR) is 127 cm³/mol. The summed E-state index contributed by atoms with van der Waals surface area (Å²) in [5.74, 6) is -1.20. The Morgan fingerprint density at radius 1 is 1.00 bits per heavy atom. The van der Waals surface area contributed by atoms with Crippen LogP contribution in [0.25, 0.3) is 0 Å². The van der Waals surface area contributed by atoms with Gasteiger partial charge in [-0.2, -0.15) is 0 Å². The molecular weight excluding hydrogens is 423 g/mol. The van der Waals surface area contributed by atoms with Crippen LogP contribution in [0, 0.1) is 12.7 Å². The first-order chi connectivity index (χ1) is 15.4. The van der Waals surface area contributed by atoms with Crippen molar-refractivity contribution in [2.45, 2.75) is 46.3 Å². The Hall–Kier alpha value is -2.99. The van der Waals surface area contributed by atoms with Crippen molar-refractivity contribution >= 4 is 23.2 Å². The van der Waals surface area contributed by atoms with Crippen LogP contribution in [0.2, 0.25) is 0 Å². The summed E-state index contributed by atoms with van der Waals surface area (Å²) in [5, 5.41) is 2.02. The monoisotopic (exact) mass is 452 g/mol. The lowest BCUT2D eigenvalue weighted by molar-refractivity contribution is -0.133. The minimum Gasteiger partial charge on any atom is -0.332 e. The second-order valence-corrected chi connectivity index (χ2v) is 8.93. The van der Waals surface area contributed by atoms with Crippen LogP contribution in [0.15, 0.2) is 66.0 Å². The first-order valence-electron chi connectivity index (χ1n) is 10.8. The molecule has 0 spiro atoms. The van der Waals surface area contributed by atoms with Crippen molar-refractivity contribution in [3.63, 3.8) is 0 Å². The number of halogens is 1. The van der Waals surface area contributed by atoms with Crippen LogP contribution < -0.4 is 0 Å². The second kappa shape index (κ2) is 11.0. The molecule has 1 atom stereocenters. The second-order valence-electron chi connectivity index (χ2n) is 7.93. The molecule has 0 N–H and O–H groups in total. The first kappa shape index (κ1) is 23.7. The van der Waals surface area contributed by atoms with Gasteiger partial charge in [-0.1, -0.05) is 49.4 Å². The normalized spacial score (nSPS) is 11.8. The first-order valence-corrected chi connectivity index (χ1v) is 11.7. The molecule has 2 amide bonds. The van der Waals surface area contributed by atoms with Gasteiger partial charge >= 0.3 is 0 Å². The van der Waals surface area contributed by atoms with Crippen LogP contribution in [-0.4, -0.2) is 34.2 Å². The molecule has 4 nitrogen and oxygen atoms in total. The minimum atomic E-state index is -0.575.